The molecule has 1 aliphatic heterocycles. The second kappa shape index (κ2) is 14.9. The van der Waals surface area contributed by atoms with Crippen LogP contribution < -0.4 is 16.0 Å². The van der Waals surface area contributed by atoms with Gasteiger partial charge in [0, 0.05) is 30.3 Å². The van der Waals surface area contributed by atoms with Crippen LogP contribution in [0, 0.1) is 5.92 Å². The number of imide groups is 1. The number of hydrogen-bond acceptors (Lipinski definition) is 6. The Morgan fingerprint density at radius 3 is 2.24 bits per heavy atom. The van der Waals surface area contributed by atoms with Crippen LogP contribution in [0.4, 0.5) is 5.69 Å². The van der Waals surface area contributed by atoms with Gasteiger partial charge in [0.1, 0.15) is 12.1 Å². The largest absolute Gasteiger partial charge is 0.344 e. The van der Waals surface area contributed by atoms with Crippen LogP contribution in [0.5, 0.6) is 0 Å². The molecule has 10 heteroatoms. The highest BCUT2D eigenvalue weighted by atomic mass is 32.2. The number of rotatable bonds is 14. The van der Waals surface area contributed by atoms with Crippen LogP contribution in [-0.2, 0) is 30.4 Å². The number of thioether (sulfide) groups is 1. The van der Waals surface area contributed by atoms with Crippen molar-refractivity contribution in [3.63, 3.8) is 0 Å². The standard InChI is InChI=1S/C28H42N4O5S/c1-7-9-18(5)38-22-16-24(34)32(28(22)37)15-14-23(33)31-25(17(3)4)27(36)29-19(6)26(35)30-21-12-10-20(8-2)11-13-21/h10-13,17-19,22,25H,7-9,14-16H2,1-6H3,(H,29,36)(H,30,35)(H,31,33)/t18?,19-,22?,25?/m0/s1. The van der Waals surface area contributed by atoms with E-state index in [0.717, 1.165) is 29.7 Å². The maximum absolute atomic E-state index is 12.9. The Morgan fingerprint density at radius 2 is 1.66 bits per heavy atom. The van der Waals surface area contributed by atoms with E-state index >= 15 is 0 Å². The number of likely N-dealkylation sites (tertiary alicyclic amines) is 1. The number of carbonyl (C=O) groups excluding carboxylic acids is 5. The lowest BCUT2D eigenvalue weighted by atomic mass is 10.0. The minimum atomic E-state index is -0.871. The molecule has 1 fully saturated rings. The third kappa shape index (κ3) is 9.15. The number of aryl methyl sites for hydroxylation is 1. The third-order valence-corrected chi connectivity index (χ3v) is 7.90. The van der Waals surface area contributed by atoms with Gasteiger partial charge in [0.15, 0.2) is 0 Å². The van der Waals surface area contributed by atoms with Gasteiger partial charge < -0.3 is 16.0 Å². The van der Waals surface area contributed by atoms with Crippen molar-refractivity contribution in [3.8, 4) is 0 Å². The van der Waals surface area contributed by atoms with Crippen LogP contribution in [0.2, 0.25) is 0 Å². The van der Waals surface area contributed by atoms with Gasteiger partial charge in [0.25, 0.3) is 0 Å². The van der Waals surface area contributed by atoms with Crippen LogP contribution >= 0.6 is 11.8 Å². The minimum Gasteiger partial charge on any atom is -0.344 e. The lowest BCUT2D eigenvalue weighted by molar-refractivity contribution is -0.139. The second-order valence-corrected chi connectivity index (χ2v) is 11.8. The zero-order chi connectivity index (χ0) is 28.4. The molecule has 1 aromatic rings. The Hall–Kier alpha value is -2.88. The quantitative estimate of drug-likeness (QED) is 0.308. The number of amides is 5. The van der Waals surface area contributed by atoms with E-state index in [-0.39, 0.29) is 48.3 Å². The summed E-state index contributed by atoms with van der Waals surface area (Å²) in [7, 11) is 0. The van der Waals surface area contributed by atoms with E-state index < -0.39 is 29.1 Å². The SMILES string of the molecule is CCCC(C)SC1CC(=O)N(CCC(=O)NC(C(=O)N[C@@H](C)C(=O)Nc2ccc(CC)cc2)C(C)C)C1=O. The molecule has 1 heterocycles. The highest BCUT2D eigenvalue weighted by Gasteiger charge is 2.39. The normalized spacial score (nSPS) is 17.8. The molecule has 0 aromatic heterocycles. The molecule has 3 unspecified atom stereocenters. The van der Waals surface area contributed by atoms with Crippen molar-refractivity contribution in [2.75, 3.05) is 11.9 Å². The summed E-state index contributed by atoms with van der Waals surface area (Å²) in [6, 6.07) is 5.79. The first-order chi connectivity index (χ1) is 18.0. The number of carbonyl (C=O) groups is 5. The number of nitrogens with zero attached hydrogens (tertiary/aromatic N) is 1. The Morgan fingerprint density at radius 1 is 1.00 bits per heavy atom. The van der Waals surface area contributed by atoms with Crippen LogP contribution in [0.3, 0.4) is 0 Å². The number of nitrogens with one attached hydrogen (secondary N) is 3. The summed E-state index contributed by atoms with van der Waals surface area (Å²) in [5, 5.41) is 8.02. The summed E-state index contributed by atoms with van der Waals surface area (Å²) in [5.74, 6) is -2.06. The summed E-state index contributed by atoms with van der Waals surface area (Å²) in [6.45, 7) is 11.3. The molecular weight excluding hydrogens is 504 g/mol. The molecule has 1 aliphatic rings. The molecule has 38 heavy (non-hydrogen) atoms. The average molecular weight is 547 g/mol. The van der Waals surface area contributed by atoms with Crippen molar-refractivity contribution < 1.29 is 24.0 Å². The predicted octanol–water partition coefficient (Wildman–Crippen LogP) is 3.27. The number of benzene rings is 1. The van der Waals surface area contributed by atoms with Gasteiger partial charge in [-0.05, 0) is 43.4 Å². The molecule has 1 aromatic carbocycles. The molecule has 5 amide bonds. The van der Waals surface area contributed by atoms with Crippen LogP contribution in [0.25, 0.3) is 0 Å². The summed E-state index contributed by atoms with van der Waals surface area (Å²) < 4.78 is 0. The highest BCUT2D eigenvalue weighted by molar-refractivity contribution is 8.01. The van der Waals surface area contributed by atoms with E-state index in [9.17, 15) is 24.0 Å². The van der Waals surface area contributed by atoms with Crippen molar-refractivity contribution in [1.82, 2.24) is 15.5 Å². The average Bonchev–Trinajstić information content (AvgIpc) is 3.13. The second-order valence-electron chi connectivity index (χ2n) is 10.1. The fourth-order valence-electron chi connectivity index (χ4n) is 4.19. The molecule has 1 saturated heterocycles. The van der Waals surface area contributed by atoms with E-state index in [0.29, 0.717) is 5.69 Å². The molecule has 2 rings (SSSR count). The minimum absolute atomic E-state index is 0.0230. The summed E-state index contributed by atoms with van der Waals surface area (Å²) >= 11 is 1.51. The topological polar surface area (TPSA) is 125 Å². The van der Waals surface area contributed by atoms with Crippen LogP contribution in [0.15, 0.2) is 24.3 Å². The Kier molecular flexibility index (Phi) is 12.3. The van der Waals surface area contributed by atoms with Gasteiger partial charge in [0.05, 0.1) is 5.25 Å². The Balaban J connectivity index is 1.87. The molecule has 0 bridgehead atoms. The third-order valence-electron chi connectivity index (χ3n) is 6.50. The Labute approximate surface area is 230 Å². The molecule has 0 radical (unpaired) electrons. The summed E-state index contributed by atoms with van der Waals surface area (Å²) in [6.07, 6.45) is 2.92. The van der Waals surface area contributed by atoms with Gasteiger partial charge in [0.2, 0.25) is 29.5 Å². The molecule has 210 valence electrons. The van der Waals surface area contributed by atoms with Crippen molar-refractivity contribution in [3.05, 3.63) is 29.8 Å². The van der Waals surface area contributed by atoms with Gasteiger partial charge in [-0.1, -0.05) is 53.2 Å². The van der Waals surface area contributed by atoms with Crippen molar-refractivity contribution in [2.24, 2.45) is 5.92 Å². The maximum atomic E-state index is 12.9. The van der Waals surface area contributed by atoms with Crippen LogP contribution in [-0.4, -0.2) is 63.6 Å². The van der Waals surface area contributed by atoms with Crippen molar-refractivity contribution in [1.29, 1.82) is 0 Å². The van der Waals surface area contributed by atoms with E-state index in [1.807, 2.05) is 38.1 Å². The fraction of sp³-hybridized carbons (Fsp3) is 0.607. The summed E-state index contributed by atoms with van der Waals surface area (Å²) in [5.41, 5.74) is 1.78. The number of anilines is 1. The maximum Gasteiger partial charge on any atom is 0.246 e. The van der Waals surface area contributed by atoms with E-state index in [4.69, 9.17) is 0 Å². The van der Waals surface area contributed by atoms with Gasteiger partial charge >= 0.3 is 0 Å². The van der Waals surface area contributed by atoms with Gasteiger partial charge in [-0.25, -0.2) is 0 Å². The van der Waals surface area contributed by atoms with Gasteiger partial charge in [-0.3, -0.25) is 28.9 Å². The first kappa shape index (κ1) is 31.3. The predicted molar refractivity (Wildman–Crippen MR) is 151 cm³/mol. The van der Waals surface area contributed by atoms with Crippen molar-refractivity contribution in [2.45, 2.75) is 96.2 Å². The zero-order valence-electron chi connectivity index (χ0n) is 23.3. The molecule has 4 atom stereocenters. The first-order valence-corrected chi connectivity index (χ1v) is 14.4. The molecule has 3 N–H and O–H groups in total. The smallest absolute Gasteiger partial charge is 0.246 e. The van der Waals surface area contributed by atoms with Crippen LogP contribution in [0.1, 0.15) is 72.8 Å². The lowest BCUT2D eigenvalue weighted by Crippen LogP contribution is -2.54. The molecule has 9 nitrogen and oxygen atoms in total. The van der Waals surface area contributed by atoms with E-state index in [1.165, 1.54) is 11.8 Å². The fourth-order valence-corrected chi connectivity index (χ4v) is 5.60. The molecular formula is C28H42N4O5S. The van der Waals surface area contributed by atoms with Crippen molar-refractivity contribution >= 4 is 47.0 Å². The van der Waals surface area contributed by atoms with Gasteiger partial charge in [-0.2, -0.15) is 0 Å². The monoisotopic (exact) mass is 546 g/mol. The highest BCUT2D eigenvalue weighted by Crippen LogP contribution is 2.30. The van der Waals surface area contributed by atoms with E-state index in [1.54, 1.807) is 20.8 Å². The molecule has 0 spiro atoms. The number of hydrogen-bond donors (Lipinski definition) is 3. The van der Waals surface area contributed by atoms with E-state index in [2.05, 4.69) is 22.9 Å². The zero-order valence-corrected chi connectivity index (χ0v) is 24.2. The first-order valence-electron chi connectivity index (χ1n) is 13.5. The lowest BCUT2D eigenvalue weighted by Gasteiger charge is -2.24. The Bertz CT molecular complexity index is 997. The summed E-state index contributed by atoms with van der Waals surface area (Å²) in [4.78, 5) is 64.4. The molecule has 0 aliphatic carbocycles. The molecule has 0 saturated carbocycles. The van der Waals surface area contributed by atoms with Gasteiger partial charge in [-0.15, -0.1) is 11.8 Å².